The molecule has 0 saturated carbocycles. The van der Waals surface area contributed by atoms with E-state index >= 15 is 0 Å². The Kier molecular flexibility index (Phi) is 5.68. The molecule has 6 heteroatoms. The Morgan fingerprint density at radius 3 is 2.61 bits per heavy atom. The first-order chi connectivity index (χ1) is 11.1. The molecule has 23 heavy (non-hydrogen) atoms. The molecular formula is C17H18N2O4. The van der Waals surface area contributed by atoms with Gasteiger partial charge in [-0.3, -0.25) is 14.9 Å². The Morgan fingerprint density at radius 1 is 1.22 bits per heavy atom. The standard InChI is InChI=1S/C17H18N2O4/c1-13-11-15(19(21)22)7-8-16(13)23-12-17(20)18-10-9-14-5-3-2-4-6-14/h2-8,11H,9-10,12H2,1H3,(H,18,20). The van der Waals surface area contributed by atoms with E-state index in [1.54, 1.807) is 6.92 Å². The summed E-state index contributed by atoms with van der Waals surface area (Å²) in [5, 5.41) is 13.4. The average molecular weight is 314 g/mol. The Labute approximate surface area is 134 Å². The van der Waals surface area contributed by atoms with E-state index in [0.717, 1.165) is 12.0 Å². The van der Waals surface area contributed by atoms with Crippen molar-refractivity contribution in [1.82, 2.24) is 5.32 Å². The molecule has 0 aromatic heterocycles. The lowest BCUT2D eigenvalue weighted by Crippen LogP contribution is -2.30. The molecule has 0 bridgehead atoms. The summed E-state index contributed by atoms with van der Waals surface area (Å²) >= 11 is 0. The minimum Gasteiger partial charge on any atom is -0.484 e. The van der Waals surface area contributed by atoms with Crippen LogP contribution >= 0.6 is 0 Å². The smallest absolute Gasteiger partial charge is 0.269 e. The minimum absolute atomic E-state index is 0.00200. The number of rotatable bonds is 7. The Bertz CT molecular complexity index is 686. The van der Waals surface area contributed by atoms with Crippen molar-refractivity contribution in [3.05, 3.63) is 69.8 Å². The minimum atomic E-state index is -0.465. The number of hydrogen-bond acceptors (Lipinski definition) is 4. The fourth-order valence-corrected chi connectivity index (χ4v) is 2.09. The first kappa shape index (κ1) is 16.5. The molecule has 0 spiro atoms. The van der Waals surface area contributed by atoms with Gasteiger partial charge in [0.05, 0.1) is 4.92 Å². The largest absolute Gasteiger partial charge is 0.484 e. The van der Waals surface area contributed by atoms with Crippen molar-refractivity contribution in [2.24, 2.45) is 0 Å². The maximum atomic E-state index is 11.7. The van der Waals surface area contributed by atoms with Gasteiger partial charge in [-0.15, -0.1) is 0 Å². The number of carbonyl (C=O) groups excluding carboxylic acids is 1. The van der Waals surface area contributed by atoms with Crippen molar-refractivity contribution in [2.75, 3.05) is 13.2 Å². The number of ether oxygens (including phenoxy) is 1. The highest BCUT2D eigenvalue weighted by Gasteiger charge is 2.10. The summed E-state index contributed by atoms with van der Waals surface area (Å²) in [7, 11) is 0. The number of carbonyl (C=O) groups is 1. The van der Waals surface area contributed by atoms with Gasteiger partial charge in [0.2, 0.25) is 0 Å². The summed E-state index contributed by atoms with van der Waals surface area (Å²) in [6, 6.07) is 14.1. The molecule has 6 nitrogen and oxygen atoms in total. The second kappa shape index (κ2) is 7.93. The van der Waals surface area contributed by atoms with E-state index in [-0.39, 0.29) is 18.2 Å². The van der Waals surface area contributed by atoms with Crippen molar-refractivity contribution < 1.29 is 14.5 Å². The Hall–Kier alpha value is -2.89. The number of nitrogens with zero attached hydrogens (tertiary/aromatic N) is 1. The molecule has 0 saturated heterocycles. The number of nitro groups is 1. The molecule has 2 rings (SSSR count). The molecule has 1 N–H and O–H groups in total. The third-order valence-corrected chi connectivity index (χ3v) is 3.31. The molecule has 0 heterocycles. The molecular weight excluding hydrogens is 296 g/mol. The van der Waals surface area contributed by atoms with Crippen LogP contribution in [0.25, 0.3) is 0 Å². The van der Waals surface area contributed by atoms with Gasteiger partial charge in [0.1, 0.15) is 5.75 Å². The predicted octanol–water partition coefficient (Wildman–Crippen LogP) is 2.64. The predicted molar refractivity (Wildman–Crippen MR) is 86.5 cm³/mol. The number of nitro benzene ring substituents is 1. The van der Waals surface area contributed by atoms with Gasteiger partial charge < -0.3 is 10.1 Å². The molecule has 0 unspecified atom stereocenters. The zero-order valence-electron chi connectivity index (χ0n) is 12.8. The molecule has 0 aliphatic carbocycles. The third-order valence-electron chi connectivity index (χ3n) is 3.31. The summed E-state index contributed by atoms with van der Waals surface area (Å²) < 4.78 is 5.40. The lowest BCUT2D eigenvalue weighted by atomic mass is 10.1. The maximum absolute atomic E-state index is 11.7. The number of benzene rings is 2. The van der Waals surface area contributed by atoms with E-state index in [0.29, 0.717) is 17.9 Å². The van der Waals surface area contributed by atoms with Crippen LogP contribution in [0.15, 0.2) is 48.5 Å². The van der Waals surface area contributed by atoms with Crippen LogP contribution in [0.3, 0.4) is 0 Å². The van der Waals surface area contributed by atoms with Gasteiger partial charge in [-0.25, -0.2) is 0 Å². The summed E-state index contributed by atoms with van der Waals surface area (Å²) in [6.07, 6.45) is 0.753. The van der Waals surface area contributed by atoms with Crippen LogP contribution in [0, 0.1) is 17.0 Å². The first-order valence-corrected chi connectivity index (χ1v) is 7.25. The van der Waals surface area contributed by atoms with Gasteiger partial charge in [0.25, 0.3) is 11.6 Å². The second-order valence-electron chi connectivity index (χ2n) is 5.08. The maximum Gasteiger partial charge on any atom is 0.269 e. The van der Waals surface area contributed by atoms with Crippen LogP contribution in [0.1, 0.15) is 11.1 Å². The van der Waals surface area contributed by atoms with Crippen LogP contribution in [-0.4, -0.2) is 24.0 Å². The van der Waals surface area contributed by atoms with E-state index in [2.05, 4.69) is 5.32 Å². The van der Waals surface area contributed by atoms with E-state index < -0.39 is 4.92 Å². The van der Waals surface area contributed by atoms with Gasteiger partial charge in [-0.2, -0.15) is 0 Å². The number of aryl methyl sites for hydroxylation is 1. The molecule has 0 aliphatic heterocycles. The molecule has 0 fully saturated rings. The van der Waals surface area contributed by atoms with Crippen LogP contribution in [0.2, 0.25) is 0 Å². The molecule has 0 atom stereocenters. The van der Waals surface area contributed by atoms with E-state index in [9.17, 15) is 14.9 Å². The second-order valence-corrected chi connectivity index (χ2v) is 5.08. The molecule has 0 radical (unpaired) electrons. The summed E-state index contributed by atoms with van der Waals surface area (Å²) in [4.78, 5) is 21.9. The molecule has 2 aromatic rings. The fraction of sp³-hybridized carbons (Fsp3) is 0.235. The van der Waals surface area contributed by atoms with Gasteiger partial charge in [-0.05, 0) is 30.5 Å². The third kappa shape index (κ3) is 5.10. The van der Waals surface area contributed by atoms with Gasteiger partial charge >= 0.3 is 0 Å². The topological polar surface area (TPSA) is 81.5 Å². The zero-order valence-corrected chi connectivity index (χ0v) is 12.8. The molecule has 0 aliphatic rings. The number of nitrogens with one attached hydrogen (secondary N) is 1. The quantitative estimate of drug-likeness (QED) is 0.629. The molecule has 1 amide bonds. The zero-order chi connectivity index (χ0) is 16.7. The summed E-state index contributed by atoms with van der Waals surface area (Å²) in [5.74, 6) is 0.243. The lowest BCUT2D eigenvalue weighted by molar-refractivity contribution is -0.384. The Morgan fingerprint density at radius 2 is 1.96 bits per heavy atom. The lowest BCUT2D eigenvalue weighted by Gasteiger charge is -2.09. The van der Waals surface area contributed by atoms with Gasteiger partial charge in [0, 0.05) is 18.7 Å². The van der Waals surface area contributed by atoms with Gasteiger partial charge in [-0.1, -0.05) is 30.3 Å². The fourth-order valence-electron chi connectivity index (χ4n) is 2.09. The van der Waals surface area contributed by atoms with Crippen molar-refractivity contribution in [1.29, 1.82) is 0 Å². The van der Waals surface area contributed by atoms with E-state index in [4.69, 9.17) is 4.74 Å². The number of non-ortho nitro benzene ring substituents is 1. The van der Waals surface area contributed by atoms with Crippen LogP contribution in [0.5, 0.6) is 5.75 Å². The highest BCUT2D eigenvalue weighted by molar-refractivity contribution is 5.77. The van der Waals surface area contributed by atoms with Crippen molar-refractivity contribution in [3.63, 3.8) is 0 Å². The summed E-state index contributed by atoms with van der Waals surface area (Å²) in [5.41, 5.74) is 1.78. The monoisotopic (exact) mass is 314 g/mol. The highest BCUT2D eigenvalue weighted by atomic mass is 16.6. The van der Waals surface area contributed by atoms with E-state index in [1.165, 1.54) is 18.2 Å². The summed E-state index contributed by atoms with van der Waals surface area (Å²) in [6.45, 7) is 2.12. The van der Waals surface area contributed by atoms with Gasteiger partial charge in [0.15, 0.2) is 6.61 Å². The SMILES string of the molecule is Cc1cc([N+](=O)[O-])ccc1OCC(=O)NCCc1ccccc1. The first-order valence-electron chi connectivity index (χ1n) is 7.25. The average Bonchev–Trinajstić information content (AvgIpc) is 2.54. The van der Waals surface area contributed by atoms with Crippen molar-refractivity contribution in [2.45, 2.75) is 13.3 Å². The normalized spacial score (nSPS) is 10.1. The van der Waals surface area contributed by atoms with Crippen LogP contribution in [-0.2, 0) is 11.2 Å². The Balaban J connectivity index is 1.77. The van der Waals surface area contributed by atoms with Crippen molar-refractivity contribution >= 4 is 11.6 Å². The van der Waals surface area contributed by atoms with Crippen LogP contribution in [0.4, 0.5) is 5.69 Å². The number of amides is 1. The number of hydrogen-bond donors (Lipinski definition) is 1. The molecule has 2 aromatic carbocycles. The van der Waals surface area contributed by atoms with Crippen molar-refractivity contribution in [3.8, 4) is 5.75 Å². The molecule has 120 valence electrons. The van der Waals surface area contributed by atoms with E-state index in [1.807, 2.05) is 30.3 Å². The van der Waals surface area contributed by atoms with Crippen LogP contribution < -0.4 is 10.1 Å². The highest BCUT2D eigenvalue weighted by Crippen LogP contribution is 2.22.